The Morgan fingerprint density at radius 2 is 1.43 bits per heavy atom. The summed E-state index contributed by atoms with van der Waals surface area (Å²) in [6.07, 6.45) is -4.93. The summed E-state index contributed by atoms with van der Waals surface area (Å²) in [6, 6.07) is 5.58. The molecule has 3 aromatic rings. The molecule has 0 bridgehead atoms. The number of aromatic nitrogens is 3. The standard InChI is InChI=1S/C38H52F4N5O15P/c1-23-29(39)31(41)36(32(42)30(23)40)62-28(48)9-13-56-15-17-58-19-20-59-18-16-57-14-12-47-22-25(45-46-47)4-2-3-11-43-38(52)44-24-5-7-26(8-6-24)60-37-35(51)34(50)33(49)27(61-37)10-21-63(53,54)55/h5-8,22,27,33-35,37,49-51H,2-4,9-21H2,1H3,(H2,43,44,52)(H2,53,54,55)/t27-,33-,34+,35+,37+/m0/s1. The van der Waals surface area contributed by atoms with Gasteiger partial charge in [0.2, 0.25) is 23.7 Å². The largest absolute Gasteiger partial charge is 0.462 e. The van der Waals surface area contributed by atoms with Gasteiger partial charge in [0.1, 0.15) is 24.1 Å². The van der Waals surface area contributed by atoms with E-state index in [1.54, 1.807) is 4.68 Å². The van der Waals surface area contributed by atoms with Crippen molar-refractivity contribution in [1.82, 2.24) is 20.3 Å². The van der Waals surface area contributed by atoms with Gasteiger partial charge in [-0.2, -0.15) is 8.78 Å². The van der Waals surface area contributed by atoms with E-state index in [1.807, 2.05) is 6.20 Å². The molecule has 1 aliphatic heterocycles. The minimum atomic E-state index is -4.39. The van der Waals surface area contributed by atoms with Crippen LogP contribution in [0.2, 0.25) is 0 Å². The van der Waals surface area contributed by atoms with E-state index in [4.69, 9.17) is 38.2 Å². The van der Waals surface area contributed by atoms with E-state index >= 15 is 0 Å². The number of ether oxygens (including phenoxy) is 7. The third kappa shape index (κ3) is 17.3. The zero-order valence-corrected chi connectivity index (χ0v) is 35.1. The molecule has 25 heteroatoms. The Morgan fingerprint density at radius 1 is 0.825 bits per heavy atom. The van der Waals surface area contributed by atoms with Crippen LogP contribution in [0.5, 0.6) is 11.5 Å². The first-order chi connectivity index (χ1) is 30.0. The number of amides is 2. The van der Waals surface area contributed by atoms with Gasteiger partial charge in [-0.25, -0.2) is 18.3 Å². The van der Waals surface area contributed by atoms with Gasteiger partial charge in [0, 0.05) is 24.0 Å². The fourth-order valence-corrected chi connectivity index (χ4v) is 6.31. The summed E-state index contributed by atoms with van der Waals surface area (Å²) >= 11 is 0. The van der Waals surface area contributed by atoms with Crippen LogP contribution in [-0.2, 0) is 46.0 Å². The Labute approximate surface area is 358 Å². The lowest BCUT2D eigenvalue weighted by Gasteiger charge is -2.40. The Balaban J connectivity index is 0.955. The van der Waals surface area contributed by atoms with Gasteiger partial charge in [0.15, 0.2) is 11.6 Å². The number of carbonyl (C=O) groups is 2. The van der Waals surface area contributed by atoms with Crippen LogP contribution in [0, 0.1) is 30.2 Å². The van der Waals surface area contributed by atoms with Crippen molar-refractivity contribution in [3.8, 4) is 11.5 Å². The van der Waals surface area contributed by atoms with Crippen molar-refractivity contribution in [2.45, 2.75) is 76.3 Å². The van der Waals surface area contributed by atoms with E-state index in [0.29, 0.717) is 51.4 Å². The number of hydrogen-bond donors (Lipinski definition) is 7. The number of esters is 1. The second-order valence-electron chi connectivity index (χ2n) is 14.0. The van der Waals surface area contributed by atoms with Gasteiger partial charge in [-0.3, -0.25) is 9.36 Å². The van der Waals surface area contributed by atoms with Crippen LogP contribution in [0.15, 0.2) is 30.5 Å². The number of urea groups is 1. The van der Waals surface area contributed by atoms with Crippen LogP contribution in [-0.4, -0.2) is 148 Å². The molecule has 1 saturated heterocycles. The second-order valence-corrected chi connectivity index (χ2v) is 15.8. The molecule has 20 nitrogen and oxygen atoms in total. The third-order valence-electron chi connectivity index (χ3n) is 9.16. The number of aliphatic hydroxyl groups is 3. The number of benzene rings is 2. The molecule has 2 amide bonds. The van der Waals surface area contributed by atoms with E-state index in [0.717, 1.165) is 19.0 Å². The molecule has 63 heavy (non-hydrogen) atoms. The molecule has 1 aromatic heterocycles. The fraction of sp³-hybridized carbons (Fsp3) is 0.579. The van der Waals surface area contributed by atoms with Crippen molar-refractivity contribution in [2.75, 3.05) is 70.9 Å². The summed E-state index contributed by atoms with van der Waals surface area (Å²) in [4.78, 5) is 42.4. The summed E-state index contributed by atoms with van der Waals surface area (Å²) in [5, 5.41) is 44.3. The summed E-state index contributed by atoms with van der Waals surface area (Å²) < 4.78 is 105. The quantitative estimate of drug-likeness (QED) is 0.0144. The van der Waals surface area contributed by atoms with Crippen molar-refractivity contribution in [3.05, 3.63) is 65.0 Å². The summed E-state index contributed by atoms with van der Waals surface area (Å²) in [6.45, 7) is 3.39. The van der Waals surface area contributed by atoms with Crippen LogP contribution in [0.1, 0.15) is 36.9 Å². The molecule has 0 unspecified atom stereocenters. The fourth-order valence-electron chi connectivity index (χ4n) is 5.72. The smallest absolute Gasteiger partial charge is 0.325 e. The lowest BCUT2D eigenvalue weighted by molar-refractivity contribution is -0.272. The first-order valence-corrected chi connectivity index (χ1v) is 21.6. The topological polar surface area (TPSA) is 272 Å². The summed E-state index contributed by atoms with van der Waals surface area (Å²) in [7, 11) is -4.39. The molecule has 1 fully saturated rings. The Bertz CT molecular complexity index is 1920. The molecule has 7 N–H and O–H groups in total. The molecule has 0 spiro atoms. The molecule has 352 valence electrons. The number of aliphatic hydroxyl groups excluding tert-OH is 3. The average molecular weight is 926 g/mol. The molecule has 5 atom stereocenters. The van der Waals surface area contributed by atoms with Gasteiger partial charge in [0.05, 0.1) is 83.8 Å². The lowest BCUT2D eigenvalue weighted by atomic mass is 9.97. The van der Waals surface area contributed by atoms with Gasteiger partial charge in [0.25, 0.3) is 0 Å². The maximum atomic E-state index is 13.8. The number of unbranched alkanes of at least 4 members (excludes halogenated alkanes) is 1. The summed E-state index contributed by atoms with van der Waals surface area (Å²) in [5.74, 6) is -9.27. The highest BCUT2D eigenvalue weighted by Crippen LogP contribution is 2.37. The first-order valence-electron chi connectivity index (χ1n) is 19.8. The number of carbonyl (C=O) groups excluding carboxylic acids is 2. The first kappa shape index (κ1) is 51.3. The van der Waals surface area contributed by atoms with Gasteiger partial charge in [-0.1, -0.05) is 5.21 Å². The highest BCUT2D eigenvalue weighted by atomic mass is 31.2. The zero-order chi connectivity index (χ0) is 45.9. The molecular formula is C38H52F4N5O15P. The van der Waals surface area contributed by atoms with Gasteiger partial charge in [-0.05, 0) is 56.9 Å². The Morgan fingerprint density at radius 3 is 2.05 bits per heavy atom. The van der Waals surface area contributed by atoms with E-state index in [-0.39, 0.29) is 45.2 Å². The molecule has 2 heterocycles. The number of nitrogens with zero attached hydrogens (tertiary/aromatic N) is 3. The van der Waals surface area contributed by atoms with Crippen LogP contribution >= 0.6 is 7.60 Å². The monoisotopic (exact) mass is 925 g/mol. The maximum Gasteiger partial charge on any atom is 0.325 e. The highest BCUT2D eigenvalue weighted by Gasteiger charge is 2.45. The molecule has 0 radical (unpaired) electrons. The van der Waals surface area contributed by atoms with Crippen molar-refractivity contribution >= 4 is 25.3 Å². The normalized spacial score (nSPS) is 18.9. The molecule has 1 aliphatic rings. The minimum Gasteiger partial charge on any atom is -0.462 e. The maximum absolute atomic E-state index is 13.8. The van der Waals surface area contributed by atoms with E-state index in [1.165, 1.54) is 24.3 Å². The predicted molar refractivity (Wildman–Crippen MR) is 210 cm³/mol. The average Bonchev–Trinajstić information content (AvgIpc) is 3.71. The van der Waals surface area contributed by atoms with Gasteiger partial charge in [-0.15, -0.1) is 5.10 Å². The number of aryl methyl sites for hydroxylation is 1. The van der Waals surface area contributed by atoms with E-state index in [9.17, 15) is 47.0 Å². The van der Waals surface area contributed by atoms with Crippen molar-refractivity contribution in [1.29, 1.82) is 0 Å². The predicted octanol–water partition coefficient (Wildman–Crippen LogP) is 2.10. The molecule has 2 aromatic carbocycles. The highest BCUT2D eigenvalue weighted by molar-refractivity contribution is 7.51. The number of rotatable bonds is 27. The van der Waals surface area contributed by atoms with Crippen LogP contribution in [0.25, 0.3) is 0 Å². The van der Waals surface area contributed by atoms with Crippen LogP contribution < -0.4 is 20.1 Å². The van der Waals surface area contributed by atoms with Crippen LogP contribution in [0.4, 0.5) is 28.0 Å². The lowest BCUT2D eigenvalue weighted by Crippen LogP contribution is -2.59. The SMILES string of the molecule is Cc1c(F)c(F)c(OC(=O)CCOCCOCCOCCOCCn2cc(CCCCNC(=O)Nc3ccc(O[C@@H]4O[C@@H](CCP(=O)(O)O)[C@H](O)[C@@H](O)[C@H]4O)cc3)nn2)c(F)c1F. The minimum absolute atomic E-state index is 0.0954. The number of nitrogens with one attached hydrogen (secondary N) is 2. The summed E-state index contributed by atoms with van der Waals surface area (Å²) in [5.41, 5.74) is 0.352. The molecule has 4 rings (SSSR count). The molecular weight excluding hydrogens is 873 g/mol. The van der Waals surface area contributed by atoms with E-state index < -0.39 is 97.5 Å². The van der Waals surface area contributed by atoms with Crippen LogP contribution in [0.3, 0.4) is 0 Å². The third-order valence-corrected chi connectivity index (χ3v) is 10.00. The molecule has 0 aliphatic carbocycles. The number of halogens is 4. The number of hydrogen-bond acceptors (Lipinski definition) is 15. The van der Waals surface area contributed by atoms with Crippen molar-refractivity contribution in [2.24, 2.45) is 0 Å². The van der Waals surface area contributed by atoms with Crippen molar-refractivity contribution < 1.29 is 90.0 Å². The van der Waals surface area contributed by atoms with Gasteiger partial charge < -0.3 is 68.9 Å². The zero-order valence-electron chi connectivity index (χ0n) is 34.2. The van der Waals surface area contributed by atoms with E-state index in [2.05, 4.69) is 25.7 Å². The second kappa shape index (κ2) is 25.8. The van der Waals surface area contributed by atoms with Crippen molar-refractivity contribution in [3.63, 3.8) is 0 Å². The van der Waals surface area contributed by atoms with Gasteiger partial charge >= 0.3 is 19.6 Å². The Kier molecular flexibility index (Phi) is 21.0. The molecule has 0 saturated carbocycles. The number of anilines is 1. The Hall–Kier alpha value is -4.33.